The standard InChI is InChI=1S/C16H25NO6/c1-19-14-8-13(9-15(20-2)16(14)21-3)23-11-12(18)10-17-4-6-22-7-5-17/h8-9,12,18H,4-7,10-11H2,1-3H3. The van der Waals surface area contributed by atoms with Gasteiger partial charge in [-0.15, -0.1) is 0 Å². The number of morpholine rings is 1. The summed E-state index contributed by atoms with van der Waals surface area (Å²) in [4.78, 5) is 2.16. The van der Waals surface area contributed by atoms with E-state index in [0.717, 1.165) is 13.1 Å². The molecule has 23 heavy (non-hydrogen) atoms. The van der Waals surface area contributed by atoms with Crippen LogP contribution in [0.3, 0.4) is 0 Å². The third-order valence-corrected chi connectivity index (χ3v) is 3.65. The van der Waals surface area contributed by atoms with Crippen LogP contribution in [-0.4, -0.2) is 76.9 Å². The molecule has 1 aromatic carbocycles. The first kappa shape index (κ1) is 17.7. The Hall–Kier alpha value is -1.70. The highest BCUT2D eigenvalue weighted by atomic mass is 16.5. The van der Waals surface area contributed by atoms with Gasteiger partial charge in [-0.3, -0.25) is 4.90 Å². The molecule has 0 radical (unpaired) electrons. The Balaban J connectivity index is 1.93. The minimum Gasteiger partial charge on any atom is -0.493 e. The minimum absolute atomic E-state index is 0.190. The summed E-state index contributed by atoms with van der Waals surface area (Å²) in [6.07, 6.45) is -0.577. The average Bonchev–Trinajstić information content (AvgIpc) is 2.59. The predicted octanol–water partition coefficient (Wildman–Crippen LogP) is 0.784. The number of β-amino-alcohol motifs (C(OH)–C–C–N with tert-alkyl or cyclic N) is 1. The van der Waals surface area contributed by atoms with Crippen LogP contribution >= 0.6 is 0 Å². The largest absolute Gasteiger partial charge is 0.493 e. The van der Waals surface area contributed by atoms with Gasteiger partial charge in [0.25, 0.3) is 0 Å². The van der Waals surface area contributed by atoms with Crippen LogP contribution in [0.5, 0.6) is 23.0 Å². The summed E-state index contributed by atoms with van der Waals surface area (Å²) in [6.45, 7) is 3.84. The van der Waals surface area contributed by atoms with E-state index in [2.05, 4.69) is 4.90 Å². The molecule has 1 saturated heterocycles. The van der Waals surface area contributed by atoms with Crippen LogP contribution in [-0.2, 0) is 4.74 Å². The van der Waals surface area contributed by atoms with Crippen molar-refractivity contribution >= 4 is 0 Å². The summed E-state index contributed by atoms with van der Waals surface area (Å²) < 4.78 is 26.8. The quantitative estimate of drug-likeness (QED) is 0.757. The lowest BCUT2D eigenvalue weighted by atomic mass is 10.2. The minimum atomic E-state index is -0.577. The molecule has 7 nitrogen and oxygen atoms in total. The van der Waals surface area contributed by atoms with Gasteiger partial charge in [0.2, 0.25) is 5.75 Å². The van der Waals surface area contributed by atoms with Crippen LogP contribution in [0, 0.1) is 0 Å². The Morgan fingerprint density at radius 2 is 1.70 bits per heavy atom. The molecule has 1 fully saturated rings. The number of nitrogens with zero attached hydrogens (tertiary/aromatic N) is 1. The Kier molecular flexibility index (Phi) is 6.76. The van der Waals surface area contributed by atoms with Gasteiger partial charge in [-0.05, 0) is 0 Å². The maximum Gasteiger partial charge on any atom is 0.203 e. The van der Waals surface area contributed by atoms with Gasteiger partial charge in [0.15, 0.2) is 11.5 Å². The van der Waals surface area contributed by atoms with Crippen molar-refractivity contribution < 1.29 is 28.8 Å². The Morgan fingerprint density at radius 3 is 2.22 bits per heavy atom. The maximum absolute atomic E-state index is 10.1. The molecule has 1 aromatic rings. The number of hydrogen-bond acceptors (Lipinski definition) is 7. The Labute approximate surface area is 136 Å². The number of ether oxygens (including phenoxy) is 5. The third-order valence-electron chi connectivity index (χ3n) is 3.65. The molecule has 2 rings (SSSR count). The van der Waals surface area contributed by atoms with Gasteiger partial charge in [0.05, 0.1) is 34.5 Å². The van der Waals surface area contributed by atoms with E-state index in [-0.39, 0.29) is 6.61 Å². The monoisotopic (exact) mass is 327 g/mol. The molecule has 1 atom stereocenters. The van der Waals surface area contributed by atoms with Gasteiger partial charge in [0.1, 0.15) is 18.5 Å². The van der Waals surface area contributed by atoms with Crippen molar-refractivity contribution in [2.24, 2.45) is 0 Å². The molecular weight excluding hydrogens is 302 g/mol. The molecule has 0 aliphatic carbocycles. The molecule has 0 spiro atoms. The van der Waals surface area contributed by atoms with Crippen LogP contribution in [0.15, 0.2) is 12.1 Å². The molecule has 1 heterocycles. The van der Waals surface area contributed by atoms with Crippen molar-refractivity contribution in [3.8, 4) is 23.0 Å². The number of hydrogen-bond donors (Lipinski definition) is 1. The van der Waals surface area contributed by atoms with E-state index in [9.17, 15) is 5.11 Å². The lowest BCUT2D eigenvalue weighted by molar-refractivity contribution is 0.00461. The molecule has 1 N–H and O–H groups in total. The second-order valence-electron chi connectivity index (χ2n) is 5.24. The number of rotatable bonds is 8. The fourth-order valence-electron chi connectivity index (χ4n) is 2.47. The fourth-order valence-corrected chi connectivity index (χ4v) is 2.47. The average molecular weight is 327 g/mol. The van der Waals surface area contributed by atoms with Gasteiger partial charge in [-0.2, -0.15) is 0 Å². The maximum atomic E-state index is 10.1. The van der Waals surface area contributed by atoms with Gasteiger partial charge in [0, 0.05) is 31.8 Å². The first-order valence-corrected chi connectivity index (χ1v) is 7.59. The van der Waals surface area contributed by atoms with Crippen LogP contribution in [0.1, 0.15) is 0 Å². The zero-order chi connectivity index (χ0) is 16.7. The summed E-state index contributed by atoms with van der Waals surface area (Å²) in [5.74, 6) is 2.10. The van der Waals surface area contributed by atoms with E-state index in [1.54, 1.807) is 33.5 Å². The Bertz CT molecular complexity index is 464. The summed E-state index contributed by atoms with van der Waals surface area (Å²) in [5.41, 5.74) is 0. The highest BCUT2D eigenvalue weighted by Crippen LogP contribution is 2.40. The molecule has 0 aromatic heterocycles. The van der Waals surface area contributed by atoms with E-state index < -0.39 is 6.10 Å². The molecule has 1 unspecified atom stereocenters. The molecule has 130 valence electrons. The van der Waals surface area contributed by atoms with E-state index in [0.29, 0.717) is 42.8 Å². The SMILES string of the molecule is COc1cc(OCC(O)CN2CCOCC2)cc(OC)c1OC. The van der Waals surface area contributed by atoms with E-state index in [1.165, 1.54) is 0 Å². The third kappa shape index (κ3) is 4.89. The lowest BCUT2D eigenvalue weighted by Crippen LogP contribution is -2.42. The van der Waals surface area contributed by atoms with Crippen LogP contribution < -0.4 is 18.9 Å². The number of methoxy groups -OCH3 is 3. The predicted molar refractivity (Wildman–Crippen MR) is 84.9 cm³/mol. The van der Waals surface area contributed by atoms with Gasteiger partial charge in [-0.1, -0.05) is 0 Å². The molecule has 0 saturated carbocycles. The van der Waals surface area contributed by atoms with Gasteiger partial charge in [-0.25, -0.2) is 0 Å². The van der Waals surface area contributed by atoms with Gasteiger partial charge >= 0.3 is 0 Å². The van der Waals surface area contributed by atoms with Crippen molar-refractivity contribution in [3.05, 3.63) is 12.1 Å². The second kappa shape index (κ2) is 8.81. The van der Waals surface area contributed by atoms with Crippen molar-refractivity contribution in [1.82, 2.24) is 4.90 Å². The van der Waals surface area contributed by atoms with E-state index in [4.69, 9.17) is 23.7 Å². The number of benzene rings is 1. The highest BCUT2D eigenvalue weighted by molar-refractivity contribution is 5.55. The highest BCUT2D eigenvalue weighted by Gasteiger charge is 2.17. The zero-order valence-electron chi connectivity index (χ0n) is 13.9. The van der Waals surface area contributed by atoms with Crippen molar-refractivity contribution in [1.29, 1.82) is 0 Å². The Morgan fingerprint density at radius 1 is 1.09 bits per heavy atom. The summed E-state index contributed by atoms with van der Waals surface area (Å²) in [7, 11) is 4.65. The number of aliphatic hydroxyl groups excluding tert-OH is 1. The normalized spacial score (nSPS) is 16.7. The molecule has 1 aliphatic heterocycles. The van der Waals surface area contributed by atoms with Gasteiger partial charge < -0.3 is 28.8 Å². The first-order chi connectivity index (χ1) is 11.2. The molecular formula is C16H25NO6. The first-order valence-electron chi connectivity index (χ1n) is 7.59. The fraction of sp³-hybridized carbons (Fsp3) is 0.625. The van der Waals surface area contributed by atoms with Crippen LogP contribution in [0.4, 0.5) is 0 Å². The molecule has 0 bridgehead atoms. The zero-order valence-corrected chi connectivity index (χ0v) is 13.9. The van der Waals surface area contributed by atoms with Crippen molar-refractivity contribution in [2.45, 2.75) is 6.10 Å². The van der Waals surface area contributed by atoms with E-state index in [1.807, 2.05) is 0 Å². The van der Waals surface area contributed by atoms with Crippen molar-refractivity contribution in [3.63, 3.8) is 0 Å². The van der Waals surface area contributed by atoms with Crippen molar-refractivity contribution in [2.75, 3.05) is 60.8 Å². The lowest BCUT2D eigenvalue weighted by Gasteiger charge is -2.28. The molecule has 7 heteroatoms. The molecule has 1 aliphatic rings. The molecule has 0 amide bonds. The van der Waals surface area contributed by atoms with E-state index >= 15 is 0 Å². The second-order valence-corrected chi connectivity index (χ2v) is 5.24. The topological polar surface area (TPSA) is 69.6 Å². The number of aliphatic hydroxyl groups is 1. The smallest absolute Gasteiger partial charge is 0.203 e. The summed E-state index contributed by atoms with van der Waals surface area (Å²) in [6, 6.07) is 3.42. The summed E-state index contributed by atoms with van der Waals surface area (Å²) >= 11 is 0. The summed E-state index contributed by atoms with van der Waals surface area (Å²) in [5, 5.41) is 10.1. The van der Waals surface area contributed by atoms with Crippen LogP contribution in [0.2, 0.25) is 0 Å². The van der Waals surface area contributed by atoms with Crippen LogP contribution in [0.25, 0.3) is 0 Å².